The highest BCUT2D eigenvalue weighted by molar-refractivity contribution is 5.66. The molecule has 214 valence electrons. The number of likely N-dealkylation sites (tertiary alicyclic amines) is 1. The molecule has 0 radical (unpaired) electrons. The highest BCUT2D eigenvalue weighted by Gasteiger charge is 2.09. The van der Waals surface area contributed by atoms with Gasteiger partial charge < -0.3 is 4.90 Å². The molecule has 1 aliphatic heterocycles. The van der Waals surface area contributed by atoms with Gasteiger partial charge in [-0.1, -0.05) is 146 Å². The Morgan fingerprint density at radius 2 is 1.19 bits per heavy atom. The van der Waals surface area contributed by atoms with Gasteiger partial charge in [-0.15, -0.1) is 5.73 Å². The first-order chi connectivity index (χ1) is 17.5. The first kappa shape index (κ1) is 41.8. The van der Waals surface area contributed by atoms with E-state index in [1.807, 2.05) is 41.5 Å². The molecule has 1 saturated heterocycles. The van der Waals surface area contributed by atoms with Crippen molar-refractivity contribution in [3.63, 3.8) is 0 Å². The van der Waals surface area contributed by atoms with E-state index >= 15 is 0 Å². The van der Waals surface area contributed by atoms with Crippen molar-refractivity contribution >= 4 is 5.57 Å². The number of hydrogen-bond donors (Lipinski definition) is 0. The van der Waals surface area contributed by atoms with E-state index in [9.17, 15) is 0 Å². The molecule has 0 bridgehead atoms. The number of hydrogen-bond acceptors (Lipinski definition) is 1. The first-order valence-corrected chi connectivity index (χ1v) is 15.7. The van der Waals surface area contributed by atoms with Crippen LogP contribution in [-0.4, -0.2) is 24.5 Å². The molecule has 0 aliphatic carbocycles. The van der Waals surface area contributed by atoms with Crippen molar-refractivity contribution in [2.75, 3.05) is 19.6 Å². The number of rotatable bonds is 9. The van der Waals surface area contributed by atoms with Crippen LogP contribution in [0.15, 0.2) is 36.6 Å². The van der Waals surface area contributed by atoms with Crippen LogP contribution in [0.25, 0.3) is 5.57 Å². The van der Waals surface area contributed by atoms with E-state index in [0.29, 0.717) is 5.92 Å². The highest BCUT2D eigenvalue weighted by Crippen LogP contribution is 2.22. The first-order valence-electron chi connectivity index (χ1n) is 15.7. The van der Waals surface area contributed by atoms with Crippen LogP contribution in [0.4, 0.5) is 0 Å². The predicted octanol–water partition coefficient (Wildman–Crippen LogP) is 12.0. The fraction of sp³-hybridized carbons (Fsp3) is 0.743. The number of allylic oxidation sites excluding steroid dienone is 1. The van der Waals surface area contributed by atoms with Crippen molar-refractivity contribution in [3.8, 4) is 0 Å². The SMILES string of the molecule is C=C=C(c1ccc(CCCCN2CCCCC2)cc1)C(C)C.CC.CC.CC.CCCC.CCCC. The summed E-state index contributed by atoms with van der Waals surface area (Å²) in [5.41, 5.74) is 7.03. The van der Waals surface area contributed by atoms with E-state index in [1.54, 1.807) is 0 Å². The van der Waals surface area contributed by atoms with Crippen molar-refractivity contribution in [2.24, 2.45) is 5.92 Å². The van der Waals surface area contributed by atoms with Gasteiger partial charge in [-0.2, -0.15) is 0 Å². The van der Waals surface area contributed by atoms with E-state index in [1.165, 1.54) is 101 Å². The minimum atomic E-state index is 0.480. The van der Waals surface area contributed by atoms with Gasteiger partial charge in [-0.25, -0.2) is 0 Å². The lowest BCUT2D eigenvalue weighted by atomic mass is 9.95. The number of unbranched alkanes of at least 4 members (excludes halogenated alkanes) is 3. The maximum absolute atomic E-state index is 3.82. The second-order valence-corrected chi connectivity index (χ2v) is 8.80. The third kappa shape index (κ3) is 25.8. The van der Waals surface area contributed by atoms with Gasteiger partial charge >= 0.3 is 0 Å². The largest absolute Gasteiger partial charge is 0.303 e. The standard InChI is InChI=1S/C21H31N.2C4H10.3C2H6/c1-4-21(18(2)3)20-13-11-19(12-14-20)10-6-9-17-22-15-7-5-8-16-22;2*1-3-4-2;3*1-2/h11-14,18H,1,5-10,15-17H2,2-3H3;2*3-4H2,1-2H3;3*1-2H3. The lowest BCUT2D eigenvalue weighted by molar-refractivity contribution is 0.225. The fourth-order valence-electron chi connectivity index (χ4n) is 3.34. The molecule has 0 amide bonds. The Morgan fingerprint density at radius 1 is 0.750 bits per heavy atom. The average Bonchev–Trinajstić information content (AvgIpc) is 2.96. The number of aryl methyl sites for hydroxylation is 1. The summed E-state index contributed by atoms with van der Waals surface area (Å²) in [7, 11) is 0. The topological polar surface area (TPSA) is 3.24 Å². The third-order valence-corrected chi connectivity index (χ3v) is 5.67. The van der Waals surface area contributed by atoms with Gasteiger partial charge in [0.15, 0.2) is 0 Å². The zero-order valence-corrected chi connectivity index (χ0v) is 27.2. The van der Waals surface area contributed by atoms with Gasteiger partial charge in [0.1, 0.15) is 0 Å². The Balaban J connectivity index is -0.000000307. The molecule has 0 spiro atoms. The van der Waals surface area contributed by atoms with Gasteiger partial charge in [-0.3, -0.25) is 0 Å². The van der Waals surface area contributed by atoms with Crippen molar-refractivity contribution < 1.29 is 0 Å². The summed E-state index contributed by atoms with van der Waals surface area (Å²) in [5.74, 6) is 0.480. The highest BCUT2D eigenvalue weighted by atomic mass is 15.1. The molecule has 1 fully saturated rings. The molecule has 0 saturated carbocycles. The maximum atomic E-state index is 3.82. The van der Waals surface area contributed by atoms with Crippen LogP contribution in [0.2, 0.25) is 0 Å². The normalized spacial score (nSPS) is 11.8. The molecule has 0 aromatic heterocycles. The Morgan fingerprint density at radius 3 is 1.56 bits per heavy atom. The molecule has 1 aliphatic rings. The zero-order chi connectivity index (χ0) is 28.6. The lowest BCUT2D eigenvalue weighted by Crippen LogP contribution is -2.30. The molecule has 0 unspecified atom stereocenters. The molecule has 36 heavy (non-hydrogen) atoms. The minimum absolute atomic E-state index is 0.480. The van der Waals surface area contributed by atoms with Crippen molar-refractivity contribution in [2.45, 2.75) is 147 Å². The average molecular weight is 504 g/mol. The second kappa shape index (κ2) is 35.9. The van der Waals surface area contributed by atoms with E-state index in [-0.39, 0.29) is 0 Å². The Hall–Kier alpha value is -1.30. The van der Waals surface area contributed by atoms with Crippen LogP contribution in [0.5, 0.6) is 0 Å². The van der Waals surface area contributed by atoms with Crippen LogP contribution in [-0.2, 0) is 6.42 Å². The Bertz CT molecular complexity index is 534. The van der Waals surface area contributed by atoms with Crippen LogP contribution in [0.3, 0.4) is 0 Å². The summed E-state index contributed by atoms with van der Waals surface area (Å²) in [5, 5.41) is 0. The van der Waals surface area contributed by atoms with E-state index in [0.717, 1.165) is 0 Å². The summed E-state index contributed by atoms with van der Waals surface area (Å²) in [6.07, 6.45) is 13.3. The Labute approximate surface area is 230 Å². The van der Waals surface area contributed by atoms with Crippen LogP contribution in [0.1, 0.15) is 152 Å². The maximum Gasteiger partial charge on any atom is 0.00313 e. The van der Waals surface area contributed by atoms with Crippen LogP contribution in [0, 0.1) is 5.92 Å². The number of nitrogens with zero attached hydrogens (tertiary/aromatic N) is 1. The van der Waals surface area contributed by atoms with Crippen molar-refractivity contribution in [1.82, 2.24) is 4.90 Å². The van der Waals surface area contributed by atoms with Gasteiger partial charge in [0.2, 0.25) is 0 Å². The summed E-state index contributed by atoms with van der Waals surface area (Å²) in [6, 6.07) is 9.01. The third-order valence-electron chi connectivity index (χ3n) is 5.67. The molecule has 1 aromatic rings. The molecular weight excluding hydrogens is 434 g/mol. The summed E-state index contributed by atoms with van der Waals surface area (Å²) in [6.45, 7) is 32.9. The smallest absolute Gasteiger partial charge is 0.00313 e. The quantitative estimate of drug-likeness (QED) is 0.239. The van der Waals surface area contributed by atoms with Crippen molar-refractivity contribution in [3.05, 3.63) is 47.7 Å². The molecule has 1 heterocycles. The Kier molecular flexibility index (Phi) is 41.7. The predicted molar refractivity (Wildman–Crippen MR) is 172 cm³/mol. The zero-order valence-electron chi connectivity index (χ0n) is 27.2. The second-order valence-electron chi connectivity index (χ2n) is 8.80. The summed E-state index contributed by atoms with van der Waals surface area (Å²) in [4.78, 5) is 2.64. The summed E-state index contributed by atoms with van der Waals surface area (Å²) < 4.78 is 0. The molecule has 0 N–H and O–H groups in total. The van der Waals surface area contributed by atoms with Gasteiger partial charge in [0.25, 0.3) is 0 Å². The van der Waals surface area contributed by atoms with Crippen LogP contribution < -0.4 is 0 Å². The van der Waals surface area contributed by atoms with E-state index < -0.39 is 0 Å². The number of piperidine rings is 1. The number of benzene rings is 1. The van der Waals surface area contributed by atoms with Crippen LogP contribution >= 0.6 is 0 Å². The fourth-order valence-corrected chi connectivity index (χ4v) is 3.34. The molecule has 2 rings (SSSR count). The monoisotopic (exact) mass is 504 g/mol. The van der Waals surface area contributed by atoms with Gasteiger partial charge in [0, 0.05) is 5.57 Å². The molecule has 1 nitrogen and oxygen atoms in total. The van der Waals surface area contributed by atoms with Gasteiger partial charge in [-0.05, 0) is 68.8 Å². The lowest BCUT2D eigenvalue weighted by Gasteiger charge is -2.26. The minimum Gasteiger partial charge on any atom is -0.303 e. The van der Waals surface area contributed by atoms with E-state index in [4.69, 9.17) is 0 Å². The molecule has 1 heteroatoms. The summed E-state index contributed by atoms with van der Waals surface area (Å²) >= 11 is 0. The molecule has 0 atom stereocenters. The van der Waals surface area contributed by atoms with E-state index in [2.05, 4.69) is 83.0 Å². The molecular formula is C35H69N. The van der Waals surface area contributed by atoms with Crippen molar-refractivity contribution in [1.29, 1.82) is 0 Å². The van der Waals surface area contributed by atoms with Gasteiger partial charge in [0.05, 0.1) is 0 Å². The molecule has 1 aromatic carbocycles.